The Balaban J connectivity index is 1.90. The highest BCUT2D eigenvalue weighted by atomic mass is 35.5. The molecule has 100 valence electrons. The predicted octanol–water partition coefficient (Wildman–Crippen LogP) is 1.51. The second-order valence-corrected chi connectivity index (χ2v) is 4.70. The van der Waals surface area contributed by atoms with Gasteiger partial charge in [-0.15, -0.1) is 0 Å². The number of hydrogen-bond donors (Lipinski definition) is 2. The van der Waals surface area contributed by atoms with E-state index in [2.05, 4.69) is 10.4 Å². The van der Waals surface area contributed by atoms with E-state index < -0.39 is 0 Å². The molecule has 0 aliphatic heterocycles. The molecule has 0 saturated heterocycles. The number of nitrogens with zero attached hydrogens (tertiary/aromatic N) is 2. The van der Waals surface area contributed by atoms with Crippen LogP contribution < -0.4 is 11.1 Å². The first-order valence-electron chi connectivity index (χ1n) is 5.84. The predicted molar refractivity (Wildman–Crippen MR) is 74.6 cm³/mol. The Morgan fingerprint density at radius 3 is 2.95 bits per heavy atom. The third kappa shape index (κ3) is 3.48. The molecule has 0 unspecified atom stereocenters. The third-order valence-electron chi connectivity index (χ3n) is 2.79. The highest BCUT2D eigenvalue weighted by Gasteiger charge is 2.07. The summed E-state index contributed by atoms with van der Waals surface area (Å²) in [6.07, 6.45) is 1.94. The number of halogens is 1. The molecule has 2 aromatic rings. The first-order chi connectivity index (χ1) is 9.06. The Morgan fingerprint density at radius 1 is 1.53 bits per heavy atom. The second-order valence-electron chi connectivity index (χ2n) is 4.26. The van der Waals surface area contributed by atoms with Crippen LogP contribution in [0.15, 0.2) is 30.5 Å². The molecule has 19 heavy (non-hydrogen) atoms. The number of anilines is 1. The topological polar surface area (TPSA) is 72.9 Å². The van der Waals surface area contributed by atoms with Crippen LogP contribution in [-0.4, -0.2) is 15.7 Å². The fourth-order valence-corrected chi connectivity index (χ4v) is 1.93. The summed E-state index contributed by atoms with van der Waals surface area (Å²) in [5.41, 5.74) is 7.48. The van der Waals surface area contributed by atoms with E-state index in [1.165, 1.54) is 0 Å². The van der Waals surface area contributed by atoms with Gasteiger partial charge in [0.1, 0.15) is 5.82 Å². The smallest absolute Gasteiger partial charge is 0.224 e. The number of rotatable bonds is 4. The maximum absolute atomic E-state index is 11.8. The number of aryl methyl sites for hydroxylation is 1. The quantitative estimate of drug-likeness (QED) is 0.890. The molecule has 0 aliphatic rings. The highest BCUT2D eigenvalue weighted by molar-refractivity contribution is 6.30. The van der Waals surface area contributed by atoms with Crippen molar-refractivity contribution in [1.29, 1.82) is 0 Å². The van der Waals surface area contributed by atoms with Crippen molar-refractivity contribution < 1.29 is 4.79 Å². The molecule has 2 rings (SSSR count). The van der Waals surface area contributed by atoms with Gasteiger partial charge in [0.25, 0.3) is 0 Å². The molecule has 1 amide bonds. The molecule has 0 fully saturated rings. The largest absolute Gasteiger partial charge is 0.384 e. The van der Waals surface area contributed by atoms with Gasteiger partial charge in [-0.1, -0.05) is 23.7 Å². The Bertz CT molecular complexity index is 594. The van der Waals surface area contributed by atoms with Gasteiger partial charge in [0.2, 0.25) is 5.91 Å². The Morgan fingerprint density at radius 2 is 2.32 bits per heavy atom. The summed E-state index contributed by atoms with van der Waals surface area (Å²) in [5, 5.41) is 7.44. The van der Waals surface area contributed by atoms with Crippen LogP contribution in [0.3, 0.4) is 0 Å². The molecule has 0 saturated carbocycles. The number of benzene rings is 1. The minimum absolute atomic E-state index is 0.0782. The van der Waals surface area contributed by atoms with E-state index in [0.717, 1.165) is 11.1 Å². The fourth-order valence-electron chi connectivity index (χ4n) is 1.72. The molecule has 1 heterocycles. The summed E-state index contributed by atoms with van der Waals surface area (Å²) in [4.78, 5) is 11.8. The van der Waals surface area contributed by atoms with Crippen molar-refractivity contribution >= 4 is 23.3 Å². The Labute approximate surface area is 116 Å². The van der Waals surface area contributed by atoms with Gasteiger partial charge in [0.05, 0.1) is 12.6 Å². The number of hydrogen-bond acceptors (Lipinski definition) is 3. The first-order valence-corrected chi connectivity index (χ1v) is 6.21. The monoisotopic (exact) mass is 278 g/mol. The number of nitrogen functional groups attached to an aromatic ring is 1. The minimum Gasteiger partial charge on any atom is -0.384 e. The van der Waals surface area contributed by atoms with Crippen LogP contribution in [0.4, 0.5) is 5.82 Å². The number of nitrogens with two attached hydrogens (primary N) is 1. The summed E-state index contributed by atoms with van der Waals surface area (Å²) in [6.45, 7) is 0.374. The van der Waals surface area contributed by atoms with Gasteiger partial charge in [-0.2, -0.15) is 5.10 Å². The molecule has 0 bridgehead atoms. The zero-order valence-electron chi connectivity index (χ0n) is 10.6. The third-order valence-corrected chi connectivity index (χ3v) is 3.03. The van der Waals surface area contributed by atoms with Crippen LogP contribution in [0.25, 0.3) is 0 Å². The molecule has 1 aromatic carbocycles. The van der Waals surface area contributed by atoms with Gasteiger partial charge in [-0.3, -0.25) is 9.48 Å². The summed E-state index contributed by atoms with van der Waals surface area (Å²) in [7, 11) is 1.76. The molecule has 0 radical (unpaired) electrons. The van der Waals surface area contributed by atoms with Crippen LogP contribution in [0.2, 0.25) is 5.02 Å². The Kier molecular flexibility index (Phi) is 4.06. The van der Waals surface area contributed by atoms with E-state index in [1.807, 2.05) is 12.1 Å². The molecular formula is C13H15ClN4O. The van der Waals surface area contributed by atoms with Crippen molar-refractivity contribution in [3.63, 3.8) is 0 Å². The van der Waals surface area contributed by atoms with Gasteiger partial charge < -0.3 is 11.1 Å². The lowest BCUT2D eigenvalue weighted by atomic mass is 10.1. The van der Waals surface area contributed by atoms with Crippen molar-refractivity contribution in [2.45, 2.75) is 13.0 Å². The van der Waals surface area contributed by atoms with Crippen molar-refractivity contribution in [1.82, 2.24) is 15.1 Å². The molecule has 3 N–H and O–H groups in total. The summed E-state index contributed by atoms with van der Waals surface area (Å²) >= 11 is 5.87. The van der Waals surface area contributed by atoms with Gasteiger partial charge in [-0.05, 0) is 17.7 Å². The zero-order valence-corrected chi connectivity index (χ0v) is 11.3. The van der Waals surface area contributed by atoms with Crippen LogP contribution in [0.5, 0.6) is 0 Å². The maximum Gasteiger partial charge on any atom is 0.224 e. The van der Waals surface area contributed by atoms with Gasteiger partial charge in [0, 0.05) is 24.2 Å². The van der Waals surface area contributed by atoms with Crippen LogP contribution in [0.1, 0.15) is 11.1 Å². The van der Waals surface area contributed by atoms with Gasteiger partial charge >= 0.3 is 0 Å². The number of carbonyl (C=O) groups is 1. The number of carbonyl (C=O) groups excluding carboxylic acids is 1. The molecule has 5 nitrogen and oxygen atoms in total. The fraction of sp³-hybridized carbons (Fsp3) is 0.231. The molecular weight excluding hydrogens is 264 g/mol. The van der Waals surface area contributed by atoms with Crippen molar-refractivity contribution in [2.75, 3.05) is 5.73 Å². The number of nitrogens with one attached hydrogen (secondary N) is 1. The number of amides is 1. The lowest BCUT2D eigenvalue weighted by Gasteiger charge is -2.05. The molecule has 0 atom stereocenters. The average Bonchev–Trinajstić information content (AvgIpc) is 2.68. The summed E-state index contributed by atoms with van der Waals surface area (Å²) in [6, 6.07) is 7.24. The molecule has 0 spiro atoms. The van der Waals surface area contributed by atoms with E-state index in [9.17, 15) is 4.79 Å². The molecule has 0 aliphatic carbocycles. The second kappa shape index (κ2) is 5.75. The highest BCUT2D eigenvalue weighted by Crippen LogP contribution is 2.11. The summed E-state index contributed by atoms with van der Waals surface area (Å²) in [5.74, 6) is 0.480. The van der Waals surface area contributed by atoms with Crippen molar-refractivity contribution in [3.8, 4) is 0 Å². The molecule has 6 heteroatoms. The zero-order chi connectivity index (χ0) is 13.8. The Hall–Kier alpha value is -2.01. The first kappa shape index (κ1) is 13.4. The van der Waals surface area contributed by atoms with Gasteiger partial charge in [0.15, 0.2) is 0 Å². The normalized spacial score (nSPS) is 10.4. The lowest BCUT2D eigenvalue weighted by Crippen LogP contribution is -2.24. The van der Waals surface area contributed by atoms with E-state index >= 15 is 0 Å². The average molecular weight is 279 g/mol. The summed E-state index contributed by atoms with van der Waals surface area (Å²) < 4.78 is 1.57. The van der Waals surface area contributed by atoms with Crippen LogP contribution in [-0.2, 0) is 24.8 Å². The van der Waals surface area contributed by atoms with E-state index in [-0.39, 0.29) is 5.91 Å². The van der Waals surface area contributed by atoms with E-state index in [1.54, 1.807) is 30.1 Å². The number of aromatic nitrogens is 2. The van der Waals surface area contributed by atoms with E-state index in [4.69, 9.17) is 17.3 Å². The lowest BCUT2D eigenvalue weighted by molar-refractivity contribution is -0.120. The van der Waals surface area contributed by atoms with Crippen LogP contribution >= 0.6 is 11.6 Å². The van der Waals surface area contributed by atoms with E-state index in [0.29, 0.717) is 23.8 Å². The van der Waals surface area contributed by atoms with Crippen LogP contribution in [0, 0.1) is 0 Å². The minimum atomic E-state index is -0.0782. The standard InChI is InChI=1S/C13H15ClN4O/c1-18-13(15)10(8-17-18)7-16-12(19)6-9-3-2-4-11(14)5-9/h2-5,8H,6-7,15H2,1H3,(H,16,19). The van der Waals surface area contributed by atoms with Crippen molar-refractivity contribution in [3.05, 3.63) is 46.6 Å². The van der Waals surface area contributed by atoms with Crippen molar-refractivity contribution in [2.24, 2.45) is 7.05 Å². The maximum atomic E-state index is 11.8. The SMILES string of the molecule is Cn1ncc(CNC(=O)Cc2cccc(Cl)c2)c1N. The molecule has 1 aromatic heterocycles. The van der Waals surface area contributed by atoms with Gasteiger partial charge in [-0.25, -0.2) is 0 Å².